The van der Waals surface area contributed by atoms with Crippen LogP contribution in [0, 0.1) is 24.2 Å². The molecule has 11 nitrogen and oxygen atoms in total. The number of likely N-dealkylation sites (tertiary alicyclic amines) is 1. The average Bonchev–Trinajstić information content (AvgIpc) is 3.52. The number of nitrogens with one attached hydrogen (secondary N) is 2. The number of aromatic amines is 1. The average molecular weight is 609 g/mol. The molecule has 1 saturated heterocycles. The summed E-state index contributed by atoms with van der Waals surface area (Å²) in [5, 5.41) is 22.0. The Hall–Kier alpha value is -4.56. The third-order valence-electron chi connectivity index (χ3n) is 9.60. The summed E-state index contributed by atoms with van der Waals surface area (Å²) in [5.41, 5.74) is 4.49. The van der Waals surface area contributed by atoms with Crippen LogP contribution >= 0.6 is 0 Å². The van der Waals surface area contributed by atoms with Crippen molar-refractivity contribution in [3.8, 4) is 6.07 Å². The first-order chi connectivity index (χ1) is 21.5. The number of hydrogen-bond donors (Lipinski definition) is 2. The zero-order chi connectivity index (χ0) is 32.0. The Morgan fingerprint density at radius 3 is 2.09 bits per heavy atom. The largest absolute Gasteiger partial charge is 0.345 e. The number of H-pyrrole nitrogens is 1. The van der Waals surface area contributed by atoms with Gasteiger partial charge in [-0.2, -0.15) is 5.26 Å². The van der Waals surface area contributed by atoms with Gasteiger partial charge in [-0.15, -0.1) is 10.2 Å². The second kappa shape index (κ2) is 11.7. The Balaban J connectivity index is 1.41. The molecule has 2 heterocycles. The van der Waals surface area contributed by atoms with Crippen molar-refractivity contribution in [3.05, 3.63) is 81.4 Å². The first kappa shape index (κ1) is 30.5. The predicted molar refractivity (Wildman–Crippen MR) is 168 cm³/mol. The number of aryl methyl sites for hydroxylation is 3. The first-order valence-corrected chi connectivity index (χ1v) is 15.6. The first-order valence-electron chi connectivity index (χ1n) is 15.6. The molecule has 2 fully saturated rings. The number of amides is 3. The summed E-state index contributed by atoms with van der Waals surface area (Å²) in [6.07, 6.45) is 3.63. The minimum atomic E-state index is -0.803. The fraction of sp³-hybridized carbons (Fsp3) is 0.471. The summed E-state index contributed by atoms with van der Waals surface area (Å²) in [5.74, 6) is 1.61. The van der Waals surface area contributed by atoms with E-state index in [1.807, 2.05) is 43.3 Å². The highest BCUT2D eigenvalue weighted by Gasteiger charge is 2.54. The molecule has 3 aliphatic rings. The van der Waals surface area contributed by atoms with Crippen LogP contribution in [0.5, 0.6) is 0 Å². The van der Waals surface area contributed by atoms with Gasteiger partial charge in [-0.1, -0.05) is 12.1 Å². The number of aromatic nitrogens is 3. The summed E-state index contributed by atoms with van der Waals surface area (Å²) in [7, 11) is 6.97. The van der Waals surface area contributed by atoms with Crippen molar-refractivity contribution in [1.82, 2.24) is 35.2 Å². The number of fused-ring (bicyclic) bond motifs is 3. The number of benzene rings is 2. The van der Waals surface area contributed by atoms with Crippen LogP contribution in [0.25, 0.3) is 0 Å². The van der Waals surface area contributed by atoms with E-state index in [4.69, 9.17) is 0 Å². The lowest BCUT2D eigenvalue weighted by atomic mass is 9.69. The van der Waals surface area contributed by atoms with Crippen LogP contribution in [0.3, 0.4) is 0 Å². The zero-order valence-corrected chi connectivity index (χ0v) is 26.6. The maximum absolute atomic E-state index is 13.2. The molecule has 0 spiro atoms. The van der Waals surface area contributed by atoms with Crippen molar-refractivity contribution < 1.29 is 14.4 Å². The van der Waals surface area contributed by atoms with Crippen LogP contribution < -0.4 is 5.32 Å². The van der Waals surface area contributed by atoms with Crippen molar-refractivity contribution in [3.63, 3.8) is 0 Å². The second-order valence-corrected chi connectivity index (χ2v) is 13.0. The molecule has 2 N–H and O–H groups in total. The molecule has 1 aliphatic heterocycles. The molecule has 3 atom stereocenters. The third kappa shape index (κ3) is 5.37. The monoisotopic (exact) mass is 608 g/mol. The standard InChI is InChI=1S/C34H40N8O3/c1-20-37-33(39-38-20)34(12-13-36-19-30(43)42-26(18-35)16-25-17-29(25)42)27-10-8-23(31(44)40(2)3)14-21(27)6-7-22-15-24(9-11-28(22)34)32(45)41(4)5/h8-11,14-15,25-26,29,36H,6-7,12-13,16-17,19H2,1-5H3,(H,37,38,39)/t25-,26+,29+/m1/s1. The number of nitriles is 1. The van der Waals surface area contributed by atoms with E-state index < -0.39 is 5.41 Å². The Morgan fingerprint density at radius 2 is 1.58 bits per heavy atom. The van der Waals surface area contributed by atoms with Crippen LogP contribution in [-0.4, -0.2) is 101 Å². The van der Waals surface area contributed by atoms with E-state index in [0.717, 1.165) is 35.1 Å². The van der Waals surface area contributed by atoms with Crippen molar-refractivity contribution in [2.24, 2.45) is 5.92 Å². The van der Waals surface area contributed by atoms with Gasteiger partial charge >= 0.3 is 0 Å². The molecule has 6 rings (SSSR count). The third-order valence-corrected chi connectivity index (χ3v) is 9.60. The number of piperidine rings is 1. The molecule has 0 radical (unpaired) electrons. The lowest BCUT2D eigenvalue weighted by Crippen LogP contribution is -2.44. The van der Waals surface area contributed by atoms with E-state index in [-0.39, 0.29) is 36.3 Å². The molecule has 45 heavy (non-hydrogen) atoms. The molecule has 2 aliphatic carbocycles. The van der Waals surface area contributed by atoms with Crippen LogP contribution in [0.2, 0.25) is 0 Å². The zero-order valence-electron chi connectivity index (χ0n) is 26.6. The Bertz CT molecular complexity index is 1630. The van der Waals surface area contributed by atoms with Gasteiger partial charge in [0.05, 0.1) is 18.0 Å². The smallest absolute Gasteiger partial charge is 0.253 e. The van der Waals surface area contributed by atoms with E-state index in [0.29, 0.717) is 54.5 Å². The molecule has 1 saturated carbocycles. The maximum Gasteiger partial charge on any atom is 0.253 e. The second-order valence-electron chi connectivity index (χ2n) is 13.0. The molecule has 0 bridgehead atoms. The number of carbonyl (C=O) groups excluding carboxylic acids is 3. The maximum atomic E-state index is 13.2. The quantitative estimate of drug-likeness (QED) is 0.375. The summed E-state index contributed by atoms with van der Waals surface area (Å²) < 4.78 is 0. The van der Waals surface area contributed by atoms with Gasteiger partial charge < -0.3 is 25.0 Å². The normalized spacial score (nSPS) is 20.7. The summed E-state index contributed by atoms with van der Waals surface area (Å²) >= 11 is 0. The van der Waals surface area contributed by atoms with E-state index >= 15 is 0 Å². The highest BCUT2D eigenvalue weighted by molar-refractivity contribution is 5.95. The van der Waals surface area contributed by atoms with Crippen molar-refractivity contribution >= 4 is 17.7 Å². The molecule has 3 amide bonds. The van der Waals surface area contributed by atoms with Crippen molar-refractivity contribution in [2.45, 2.75) is 56.5 Å². The van der Waals surface area contributed by atoms with Gasteiger partial charge in [-0.3, -0.25) is 14.4 Å². The van der Waals surface area contributed by atoms with Gasteiger partial charge in [-0.05, 0) is 98.0 Å². The van der Waals surface area contributed by atoms with E-state index in [1.165, 1.54) is 0 Å². The topological polar surface area (TPSA) is 138 Å². The SMILES string of the molecule is Cc1nnc(C2(CCNCC(=O)N3[C@H](C#N)C[C@@H]4C[C@@H]43)c3ccc(C(=O)N(C)C)cc3CCc3cc(C(=O)N(C)C)ccc32)[nH]1. The number of nitrogens with zero attached hydrogens (tertiary/aromatic N) is 6. The molecule has 1 aromatic heterocycles. The number of hydrogen-bond acceptors (Lipinski definition) is 7. The Morgan fingerprint density at radius 1 is 0.978 bits per heavy atom. The lowest BCUT2D eigenvalue weighted by molar-refractivity contribution is -0.131. The minimum absolute atomic E-state index is 0.0449. The molecule has 3 aromatic rings. The van der Waals surface area contributed by atoms with E-state index in [1.54, 1.807) is 42.9 Å². The molecule has 0 unspecified atom stereocenters. The summed E-state index contributed by atoms with van der Waals surface area (Å²) in [4.78, 5) is 47.6. The molecule has 234 valence electrons. The molecule has 11 heteroatoms. The molecule has 2 aromatic carbocycles. The van der Waals surface area contributed by atoms with Crippen LogP contribution in [0.15, 0.2) is 36.4 Å². The minimum Gasteiger partial charge on any atom is -0.345 e. The van der Waals surface area contributed by atoms with Gasteiger partial charge in [0.25, 0.3) is 11.8 Å². The van der Waals surface area contributed by atoms with Crippen LogP contribution in [-0.2, 0) is 23.1 Å². The molecular formula is C34H40N8O3. The molecular weight excluding hydrogens is 568 g/mol. The number of carbonyl (C=O) groups is 3. The van der Waals surface area contributed by atoms with Crippen molar-refractivity contribution in [2.75, 3.05) is 41.3 Å². The van der Waals surface area contributed by atoms with Gasteiger partial charge in [-0.25, -0.2) is 0 Å². The lowest BCUT2D eigenvalue weighted by Gasteiger charge is -2.35. The van der Waals surface area contributed by atoms with Crippen LogP contribution in [0.1, 0.15) is 73.9 Å². The van der Waals surface area contributed by atoms with E-state index in [9.17, 15) is 19.6 Å². The van der Waals surface area contributed by atoms with Gasteiger partial charge in [0, 0.05) is 45.4 Å². The number of rotatable bonds is 8. The summed E-state index contributed by atoms with van der Waals surface area (Å²) in [6, 6.07) is 13.9. The van der Waals surface area contributed by atoms with Gasteiger partial charge in [0.2, 0.25) is 5.91 Å². The van der Waals surface area contributed by atoms with Crippen molar-refractivity contribution in [1.29, 1.82) is 5.26 Å². The fourth-order valence-electron chi connectivity index (χ4n) is 7.31. The highest BCUT2D eigenvalue weighted by Crippen LogP contribution is 2.48. The highest BCUT2D eigenvalue weighted by atomic mass is 16.2. The predicted octanol–water partition coefficient (Wildman–Crippen LogP) is 2.44. The van der Waals surface area contributed by atoms with Crippen LogP contribution in [0.4, 0.5) is 0 Å². The summed E-state index contributed by atoms with van der Waals surface area (Å²) in [6.45, 7) is 2.48. The Labute approximate surface area is 263 Å². The Kier molecular flexibility index (Phi) is 7.95. The van der Waals surface area contributed by atoms with E-state index in [2.05, 4.69) is 26.6 Å². The van der Waals surface area contributed by atoms with Gasteiger partial charge in [0.15, 0.2) is 0 Å². The van der Waals surface area contributed by atoms with Gasteiger partial charge in [0.1, 0.15) is 17.7 Å². The fourth-order valence-corrected chi connectivity index (χ4v) is 7.31.